The van der Waals surface area contributed by atoms with E-state index < -0.39 is 18.5 Å². The third kappa shape index (κ3) is 7.48. The summed E-state index contributed by atoms with van der Waals surface area (Å²) in [5.41, 5.74) is 1.95. The number of nitriles is 1. The molecule has 0 aliphatic rings. The van der Waals surface area contributed by atoms with Crippen molar-refractivity contribution in [3.05, 3.63) is 87.0 Å². The van der Waals surface area contributed by atoms with E-state index in [9.17, 15) is 14.9 Å². The van der Waals surface area contributed by atoms with E-state index in [4.69, 9.17) is 19.3 Å². The average molecular weight is 584 g/mol. The van der Waals surface area contributed by atoms with E-state index >= 15 is 0 Å². The highest BCUT2D eigenvalue weighted by molar-refractivity contribution is 14.1. The highest BCUT2D eigenvalue weighted by atomic mass is 127. The molecule has 0 radical (unpaired) electrons. The molecule has 0 atom stereocenters. The van der Waals surface area contributed by atoms with Crippen LogP contribution in [-0.4, -0.2) is 30.7 Å². The van der Waals surface area contributed by atoms with E-state index in [0.29, 0.717) is 27.2 Å². The molecule has 0 aliphatic carbocycles. The lowest BCUT2D eigenvalue weighted by Gasteiger charge is -2.12. The first kappa shape index (κ1) is 25.6. The first-order valence-corrected chi connectivity index (χ1v) is 11.4. The van der Waals surface area contributed by atoms with Crippen LogP contribution in [0.1, 0.15) is 11.1 Å². The molecule has 0 aliphatic heterocycles. The van der Waals surface area contributed by atoms with Crippen LogP contribution in [0.3, 0.4) is 0 Å². The van der Waals surface area contributed by atoms with E-state index in [1.54, 1.807) is 36.4 Å². The van der Waals surface area contributed by atoms with Gasteiger partial charge in [0.1, 0.15) is 24.0 Å². The normalized spacial score (nSPS) is 10.7. The van der Waals surface area contributed by atoms with Crippen LogP contribution >= 0.6 is 22.6 Å². The Morgan fingerprint density at radius 1 is 1.09 bits per heavy atom. The van der Waals surface area contributed by atoms with E-state index in [0.717, 1.165) is 5.56 Å². The summed E-state index contributed by atoms with van der Waals surface area (Å²) >= 11 is 1.97. The SMILES string of the molecule is COc1cc(/C=C(\C#N)C(=O)Nc2ccc(OCc3ccccc3)cc2)cc(I)c1OCC(=O)O. The Bertz CT molecular complexity index is 1270. The van der Waals surface area contributed by atoms with Gasteiger partial charge in [0, 0.05) is 5.69 Å². The molecule has 3 aromatic carbocycles. The van der Waals surface area contributed by atoms with Gasteiger partial charge in [-0.1, -0.05) is 30.3 Å². The summed E-state index contributed by atoms with van der Waals surface area (Å²) in [5, 5.41) is 21.1. The summed E-state index contributed by atoms with van der Waals surface area (Å²) in [6.45, 7) is -0.0975. The molecule has 0 saturated carbocycles. The second-order valence-corrected chi connectivity index (χ2v) is 8.30. The average Bonchev–Trinajstić information content (AvgIpc) is 2.86. The molecule has 3 rings (SSSR count). The van der Waals surface area contributed by atoms with E-state index in [1.807, 2.05) is 59.0 Å². The van der Waals surface area contributed by atoms with Gasteiger partial charge in [-0.2, -0.15) is 5.26 Å². The zero-order chi connectivity index (χ0) is 25.2. The van der Waals surface area contributed by atoms with Gasteiger partial charge in [-0.3, -0.25) is 4.79 Å². The zero-order valence-corrected chi connectivity index (χ0v) is 20.8. The van der Waals surface area contributed by atoms with Crippen LogP contribution in [-0.2, 0) is 16.2 Å². The molecule has 35 heavy (non-hydrogen) atoms. The smallest absolute Gasteiger partial charge is 0.341 e. The molecule has 0 aromatic heterocycles. The summed E-state index contributed by atoms with van der Waals surface area (Å²) in [6.07, 6.45) is 1.42. The quantitative estimate of drug-likeness (QED) is 0.198. The number of hydrogen-bond donors (Lipinski definition) is 2. The Labute approximate surface area is 215 Å². The monoisotopic (exact) mass is 584 g/mol. The molecule has 0 heterocycles. The Morgan fingerprint density at radius 3 is 2.43 bits per heavy atom. The van der Waals surface area contributed by atoms with Gasteiger partial charge in [0.2, 0.25) is 0 Å². The lowest BCUT2D eigenvalue weighted by molar-refractivity contribution is -0.139. The van der Waals surface area contributed by atoms with Crippen molar-refractivity contribution >= 4 is 46.2 Å². The van der Waals surface area contributed by atoms with Crippen LogP contribution in [0.5, 0.6) is 17.2 Å². The molecule has 0 spiro atoms. The van der Waals surface area contributed by atoms with Crippen molar-refractivity contribution < 1.29 is 28.9 Å². The maximum absolute atomic E-state index is 12.7. The number of rotatable bonds is 10. The van der Waals surface area contributed by atoms with Gasteiger partial charge in [-0.25, -0.2) is 4.79 Å². The van der Waals surface area contributed by atoms with Crippen molar-refractivity contribution in [1.82, 2.24) is 0 Å². The number of aliphatic carboxylic acids is 1. The first-order valence-electron chi connectivity index (χ1n) is 10.3. The van der Waals surface area contributed by atoms with Crippen LogP contribution in [0, 0.1) is 14.9 Å². The summed E-state index contributed by atoms with van der Waals surface area (Å²) in [4.78, 5) is 23.5. The fourth-order valence-corrected chi connectivity index (χ4v) is 3.77. The Kier molecular flexibility index (Phi) is 9.09. The molecule has 178 valence electrons. The number of halogens is 1. The maximum atomic E-state index is 12.7. The van der Waals surface area contributed by atoms with Crippen molar-refractivity contribution in [3.63, 3.8) is 0 Å². The second-order valence-electron chi connectivity index (χ2n) is 7.14. The summed E-state index contributed by atoms with van der Waals surface area (Å²) < 4.78 is 16.9. The highest BCUT2D eigenvalue weighted by Crippen LogP contribution is 2.34. The van der Waals surface area contributed by atoms with E-state index in [1.165, 1.54) is 13.2 Å². The van der Waals surface area contributed by atoms with Crippen LogP contribution in [0.4, 0.5) is 5.69 Å². The number of ether oxygens (including phenoxy) is 3. The molecule has 1 amide bonds. The number of carboxylic acids is 1. The fraction of sp³-hybridized carbons (Fsp3) is 0.115. The minimum atomic E-state index is -1.12. The molecule has 3 aromatic rings. The molecule has 0 unspecified atom stereocenters. The van der Waals surface area contributed by atoms with Crippen molar-refractivity contribution in [2.45, 2.75) is 6.61 Å². The maximum Gasteiger partial charge on any atom is 0.341 e. The molecular formula is C26H21IN2O6. The number of carbonyl (C=O) groups is 2. The predicted octanol–water partition coefficient (Wildman–Crippen LogP) is 4.89. The van der Waals surface area contributed by atoms with Gasteiger partial charge >= 0.3 is 5.97 Å². The largest absolute Gasteiger partial charge is 0.493 e. The van der Waals surface area contributed by atoms with Gasteiger partial charge < -0.3 is 24.6 Å². The van der Waals surface area contributed by atoms with E-state index in [-0.39, 0.29) is 17.1 Å². The van der Waals surface area contributed by atoms with Gasteiger partial charge in [0.15, 0.2) is 18.1 Å². The van der Waals surface area contributed by atoms with E-state index in [2.05, 4.69) is 5.32 Å². The number of nitrogens with zero attached hydrogens (tertiary/aromatic N) is 1. The minimum absolute atomic E-state index is 0.119. The Balaban J connectivity index is 1.69. The Morgan fingerprint density at radius 2 is 1.80 bits per heavy atom. The standard InChI is InChI=1S/C26H21IN2O6/c1-33-23-13-18(12-22(27)25(23)35-16-24(30)31)11-19(14-28)26(32)29-20-7-9-21(10-8-20)34-15-17-5-3-2-4-6-17/h2-13H,15-16H2,1H3,(H,29,32)(H,30,31)/b19-11+. The molecule has 2 N–H and O–H groups in total. The minimum Gasteiger partial charge on any atom is -0.493 e. The predicted molar refractivity (Wildman–Crippen MR) is 138 cm³/mol. The number of nitrogens with one attached hydrogen (secondary N) is 1. The van der Waals surface area contributed by atoms with Crippen molar-refractivity contribution in [3.8, 4) is 23.3 Å². The lowest BCUT2D eigenvalue weighted by Crippen LogP contribution is -2.13. The van der Waals surface area contributed by atoms with Crippen LogP contribution in [0.15, 0.2) is 72.3 Å². The number of amides is 1. The molecular weight excluding hydrogens is 563 g/mol. The topological polar surface area (TPSA) is 118 Å². The molecule has 0 bridgehead atoms. The number of benzene rings is 3. The van der Waals surface area contributed by atoms with Crippen LogP contribution < -0.4 is 19.5 Å². The lowest BCUT2D eigenvalue weighted by atomic mass is 10.1. The number of methoxy groups -OCH3 is 1. The Hall–Kier alpha value is -4.04. The number of hydrogen-bond acceptors (Lipinski definition) is 6. The van der Waals surface area contributed by atoms with Gasteiger partial charge in [0.05, 0.1) is 10.7 Å². The number of anilines is 1. The molecule has 8 nitrogen and oxygen atoms in total. The highest BCUT2D eigenvalue weighted by Gasteiger charge is 2.15. The third-order valence-corrected chi connectivity index (χ3v) is 5.43. The molecule has 0 saturated heterocycles. The van der Waals surface area contributed by atoms with Crippen molar-refractivity contribution in [2.24, 2.45) is 0 Å². The summed E-state index contributed by atoms with van der Waals surface area (Å²) in [6, 6.07) is 21.7. The summed E-state index contributed by atoms with van der Waals surface area (Å²) in [5.74, 6) is -0.496. The van der Waals surface area contributed by atoms with Gasteiger partial charge in [-0.15, -0.1) is 0 Å². The fourth-order valence-electron chi connectivity index (χ4n) is 2.99. The van der Waals surface area contributed by atoms with Crippen molar-refractivity contribution in [1.29, 1.82) is 5.26 Å². The van der Waals surface area contributed by atoms with Gasteiger partial charge in [-0.05, 0) is 76.2 Å². The molecule has 9 heteroatoms. The van der Waals surface area contributed by atoms with Crippen molar-refractivity contribution in [2.75, 3.05) is 19.0 Å². The number of carboxylic acid groups (broad SMARTS) is 1. The second kappa shape index (κ2) is 12.4. The van der Waals surface area contributed by atoms with Crippen LogP contribution in [0.25, 0.3) is 6.08 Å². The van der Waals surface area contributed by atoms with Crippen LogP contribution in [0.2, 0.25) is 0 Å². The first-order chi connectivity index (χ1) is 16.9. The summed E-state index contributed by atoms with van der Waals surface area (Å²) in [7, 11) is 1.41. The molecule has 0 fully saturated rings. The zero-order valence-electron chi connectivity index (χ0n) is 18.7. The van der Waals surface area contributed by atoms with Gasteiger partial charge in [0.25, 0.3) is 5.91 Å². The number of carbonyl (C=O) groups excluding carboxylic acids is 1. The third-order valence-electron chi connectivity index (χ3n) is 4.63.